The van der Waals surface area contributed by atoms with Gasteiger partial charge in [0, 0.05) is 7.11 Å². The third-order valence-corrected chi connectivity index (χ3v) is 6.66. The Kier molecular flexibility index (Phi) is 2.47. The molecule has 2 fully saturated rings. The van der Waals surface area contributed by atoms with Crippen molar-refractivity contribution in [3.8, 4) is 0 Å². The van der Waals surface area contributed by atoms with Crippen LogP contribution in [-0.4, -0.2) is 42.3 Å². The molecule has 1 aliphatic heterocycles. The Bertz CT molecular complexity index is 398. The minimum absolute atomic E-state index is 0.0572. The molecule has 0 bridgehead atoms. The van der Waals surface area contributed by atoms with Crippen LogP contribution in [0, 0.1) is 0 Å². The zero-order valence-corrected chi connectivity index (χ0v) is 11.5. The summed E-state index contributed by atoms with van der Waals surface area (Å²) >= 11 is 0. The lowest BCUT2D eigenvalue weighted by molar-refractivity contribution is 0.0960. The highest BCUT2D eigenvalue weighted by Crippen LogP contribution is 2.57. The molecular formula is C11H21NO3S. The number of methoxy groups -OCH3 is 1. The van der Waals surface area contributed by atoms with Gasteiger partial charge in [-0.25, -0.2) is 8.42 Å². The van der Waals surface area contributed by atoms with Gasteiger partial charge in [-0.2, -0.15) is 4.31 Å². The molecule has 1 aliphatic carbocycles. The van der Waals surface area contributed by atoms with Crippen LogP contribution < -0.4 is 0 Å². The molecule has 1 saturated carbocycles. The van der Waals surface area contributed by atoms with E-state index in [0.717, 1.165) is 12.8 Å². The minimum atomic E-state index is -3.21. The van der Waals surface area contributed by atoms with Gasteiger partial charge in [0.25, 0.3) is 0 Å². The van der Waals surface area contributed by atoms with Crippen LogP contribution in [-0.2, 0) is 14.8 Å². The lowest BCUT2D eigenvalue weighted by Gasteiger charge is -2.24. The summed E-state index contributed by atoms with van der Waals surface area (Å²) in [4.78, 5) is 0. The molecule has 2 rings (SSSR count). The van der Waals surface area contributed by atoms with E-state index in [4.69, 9.17) is 4.74 Å². The van der Waals surface area contributed by atoms with Crippen molar-refractivity contribution < 1.29 is 13.2 Å². The molecule has 2 aliphatic rings. The molecule has 16 heavy (non-hydrogen) atoms. The molecule has 0 amide bonds. The maximum atomic E-state index is 12.4. The van der Waals surface area contributed by atoms with E-state index in [-0.39, 0.29) is 17.7 Å². The zero-order valence-electron chi connectivity index (χ0n) is 10.6. The topological polar surface area (TPSA) is 46.4 Å². The van der Waals surface area contributed by atoms with Crippen molar-refractivity contribution in [2.45, 2.75) is 63.0 Å². The maximum Gasteiger partial charge on any atom is 0.220 e. The molecule has 2 unspecified atom stereocenters. The van der Waals surface area contributed by atoms with Crippen LogP contribution in [0.15, 0.2) is 0 Å². The Morgan fingerprint density at radius 3 is 2.38 bits per heavy atom. The van der Waals surface area contributed by atoms with Crippen LogP contribution in [0.1, 0.15) is 40.5 Å². The molecule has 4 atom stereocenters. The number of piperidine rings is 1. The first-order valence-electron chi connectivity index (χ1n) is 5.73. The van der Waals surface area contributed by atoms with Gasteiger partial charge in [0.15, 0.2) is 0 Å². The Labute approximate surface area is 98.0 Å². The van der Waals surface area contributed by atoms with Gasteiger partial charge in [-0.3, -0.25) is 0 Å². The number of hydrogen-bond donors (Lipinski definition) is 0. The van der Waals surface area contributed by atoms with Gasteiger partial charge in [-0.05, 0) is 40.5 Å². The van der Waals surface area contributed by atoms with Crippen LogP contribution in [0.4, 0.5) is 0 Å². The monoisotopic (exact) mass is 247 g/mol. The van der Waals surface area contributed by atoms with Gasteiger partial charge in [-0.15, -0.1) is 0 Å². The fourth-order valence-electron chi connectivity index (χ4n) is 2.79. The summed E-state index contributed by atoms with van der Waals surface area (Å²) in [6.07, 6.45) is 1.95. The summed E-state index contributed by atoms with van der Waals surface area (Å²) in [7, 11) is -1.55. The van der Waals surface area contributed by atoms with Crippen molar-refractivity contribution >= 4 is 10.0 Å². The number of nitrogens with zero attached hydrogens (tertiary/aromatic N) is 1. The van der Waals surface area contributed by atoms with Crippen LogP contribution >= 0.6 is 0 Å². The van der Waals surface area contributed by atoms with E-state index in [1.54, 1.807) is 32.2 Å². The molecule has 1 saturated heterocycles. The van der Waals surface area contributed by atoms with Gasteiger partial charge in [0.05, 0.1) is 22.4 Å². The molecule has 1 heterocycles. The van der Waals surface area contributed by atoms with Gasteiger partial charge in [0.2, 0.25) is 10.0 Å². The van der Waals surface area contributed by atoms with E-state index in [1.807, 2.05) is 6.92 Å². The third kappa shape index (κ3) is 1.38. The Morgan fingerprint density at radius 2 is 1.94 bits per heavy atom. The Morgan fingerprint density at radius 1 is 1.38 bits per heavy atom. The molecule has 0 radical (unpaired) electrons. The summed E-state index contributed by atoms with van der Waals surface area (Å²) in [6, 6.07) is 0.0572. The lowest BCUT2D eigenvalue weighted by Crippen LogP contribution is -2.38. The van der Waals surface area contributed by atoms with Crippen molar-refractivity contribution in [1.82, 2.24) is 4.31 Å². The first-order chi connectivity index (χ1) is 7.16. The highest BCUT2D eigenvalue weighted by atomic mass is 32.2. The van der Waals surface area contributed by atoms with Gasteiger partial charge in [-0.1, -0.05) is 0 Å². The number of fused-ring (bicyclic) bond motifs is 1. The van der Waals surface area contributed by atoms with Gasteiger partial charge >= 0.3 is 0 Å². The van der Waals surface area contributed by atoms with Gasteiger partial charge in [0.1, 0.15) is 0 Å². The molecule has 0 spiro atoms. The first-order valence-corrected chi connectivity index (χ1v) is 7.17. The standard InChI is InChI=1S/C11H21NO3S/c1-10(2,3)16(13,14)12-9-8(15-5)6-7-11(9,12)4/h8-9H,6-7H2,1-5H3/t8-,9?,11+,12?/m1/s1. The molecule has 4 nitrogen and oxygen atoms in total. The smallest absolute Gasteiger partial charge is 0.220 e. The largest absolute Gasteiger partial charge is 0.380 e. The van der Waals surface area contributed by atoms with E-state index in [2.05, 4.69) is 0 Å². The van der Waals surface area contributed by atoms with E-state index >= 15 is 0 Å². The fraction of sp³-hybridized carbons (Fsp3) is 1.00. The first kappa shape index (κ1) is 12.3. The second-order valence-corrected chi connectivity index (χ2v) is 8.60. The SMILES string of the molecule is CO[C@@H]1CC[C@@]2(C)C1N2S(=O)(=O)C(C)(C)C. The highest BCUT2D eigenvalue weighted by Gasteiger charge is 2.72. The van der Waals surface area contributed by atoms with Crippen molar-refractivity contribution in [3.05, 3.63) is 0 Å². The minimum Gasteiger partial charge on any atom is -0.380 e. The molecular weight excluding hydrogens is 226 g/mol. The molecule has 5 heteroatoms. The van der Waals surface area contributed by atoms with Crippen LogP contribution in [0.2, 0.25) is 0 Å². The van der Waals surface area contributed by atoms with E-state index < -0.39 is 14.8 Å². The van der Waals surface area contributed by atoms with E-state index in [1.165, 1.54) is 0 Å². The van der Waals surface area contributed by atoms with Crippen molar-refractivity contribution in [1.29, 1.82) is 0 Å². The number of hydrogen-bond acceptors (Lipinski definition) is 3. The lowest BCUT2D eigenvalue weighted by atomic mass is 10.1. The average molecular weight is 247 g/mol. The Hall–Kier alpha value is -0.130. The predicted octanol–water partition coefficient (Wildman–Crippen LogP) is 1.37. The highest BCUT2D eigenvalue weighted by molar-refractivity contribution is 7.90. The summed E-state index contributed by atoms with van der Waals surface area (Å²) in [5.41, 5.74) is -0.188. The molecule has 0 aromatic carbocycles. The second-order valence-electron chi connectivity index (χ2n) is 6.03. The molecule has 0 N–H and O–H groups in total. The Balaban J connectivity index is 2.29. The summed E-state index contributed by atoms with van der Waals surface area (Å²) in [6.45, 7) is 7.28. The van der Waals surface area contributed by atoms with Crippen LogP contribution in [0.3, 0.4) is 0 Å². The van der Waals surface area contributed by atoms with E-state index in [0.29, 0.717) is 0 Å². The number of rotatable bonds is 2. The summed E-state index contributed by atoms with van der Waals surface area (Å²) in [5.74, 6) is 0. The van der Waals surface area contributed by atoms with Crippen molar-refractivity contribution in [2.75, 3.05) is 7.11 Å². The second kappa shape index (κ2) is 3.21. The van der Waals surface area contributed by atoms with Crippen molar-refractivity contribution in [3.63, 3.8) is 0 Å². The molecule has 94 valence electrons. The number of sulfonamides is 1. The number of ether oxygens (including phenoxy) is 1. The summed E-state index contributed by atoms with van der Waals surface area (Å²) < 4.78 is 31.0. The summed E-state index contributed by atoms with van der Waals surface area (Å²) in [5, 5.41) is 0. The quantitative estimate of drug-likeness (QED) is 0.692. The average Bonchev–Trinajstić information content (AvgIpc) is 2.61. The molecule has 0 aromatic heterocycles. The normalized spacial score (nSPS) is 43.2. The van der Waals surface area contributed by atoms with Crippen LogP contribution in [0.25, 0.3) is 0 Å². The fourth-order valence-corrected chi connectivity index (χ4v) is 4.75. The van der Waals surface area contributed by atoms with Gasteiger partial charge < -0.3 is 4.74 Å². The predicted molar refractivity (Wildman–Crippen MR) is 62.7 cm³/mol. The maximum absolute atomic E-state index is 12.4. The van der Waals surface area contributed by atoms with Crippen LogP contribution in [0.5, 0.6) is 0 Å². The zero-order chi connectivity index (χ0) is 12.4. The van der Waals surface area contributed by atoms with E-state index in [9.17, 15) is 8.42 Å². The van der Waals surface area contributed by atoms with Crippen molar-refractivity contribution in [2.24, 2.45) is 0 Å². The third-order valence-electron chi connectivity index (χ3n) is 3.95. The molecule has 0 aromatic rings.